The Morgan fingerprint density at radius 1 is 0.947 bits per heavy atom. The zero-order valence-corrected chi connectivity index (χ0v) is 12.9. The molecule has 1 aliphatic heterocycles. The average molecular weight is 321 g/mol. The highest BCUT2D eigenvalue weighted by Crippen LogP contribution is 2.47. The summed E-state index contributed by atoms with van der Waals surface area (Å²) in [6, 6.07) is 4.55. The number of amides is 2. The van der Waals surface area contributed by atoms with Crippen molar-refractivity contribution in [2.75, 3.05) is 4.90 Å². The summed E-state index contributed by atoms with van der Waals surface area (Å²) in [5.74, 6) is -0.837. The second-order valence-electron chi connectivity index (χ2n) is 5.20. The van der Waals surface area contributed by atoms with Crippen LogP contribution in [0, 0.1) is 5.41 Å². The van der Waals surface area contributed by atoms with E-state index in [4.69, 9.17) is 34.8 Å². The lowest BCUT2D eigenvalue weighted by Crippen LogP contribution is -2.39. The first-order chi connectivity index (χ1) is 8.59. The summed E-state index contributed by atoms with van der Waals surface area (Å²) in [4.78, 5) is 24.5. The van der Waals surface area contributed by atoms with Crippen molar-refractivity contribution in [1.82, 2.24) is 0 Å². The van der Waals surface area contributed by atoms with E-state index in [2.05, 4.69) is 0 Å². The van der Waals surface area contributed by atoms with Crippen LogP contribution in [0.25, 0.3) is 0 Å². The zero-order chi connectivity index (χ0) is 14.6. The van der Waals surface area contributed by atoms with E-state index in [-0.39, 0.29) is 5.91 Å². The Hall–Kier alpha value is -0.770. The maximum absolute atomic E-state index is 12.4. The van der Waals surface area contributed by atoms with Gasteiger partial charge in [0.15, 0.2) is 0 Å². The fourth-order valence-corrected chi connectivity index (χ4v) is 2.63. The number of halogens is 3. The second-order valence-corrected chi connectivity index (χ2v) is 6.83. The predicted octanol–water partition coefficient (Wildman–Crippen LogP) is 3.89. The lowest BCUT2D eigenvalue weighted by atomic mass is 9.81. The number of rotatable bonds is 1. The second kappa shape index (κ2) is 4.37. The van der Waals surface area contributed by atoms with Gasteiger partial charge in [0, 0.05) is 10.0 Å². The topological polar surface area (TPSA) is 37.4 Å². The highest BCUT2D eigenvalue weighted by Gasteiger charge is 2.61. The molecule has 0 radical (unpaired) electrons. The number of imide groups is 1. The molecule has 1 atom stereocenters. The molecule has 0 bridgehead atoms. The molecule has 1 heterocycles. The molecule has 1 aliphatic rings. The first-order valence-electron chi connectivity index (χ1n) is 5.63. The smallest absolute Gasteiger partial charge is 0.255 e. The Morgan fingerprint density at radius 2 is 1.42 bits per heavy atom. The van der Waals surface area contributed by atoms with Crippen molar-refractivity contribution in [3.63, 3.8) is 0 Å². The first kappa shape index (κ1) is 14.6. The summed E-state index contributed by atoms with van der Waals surface area (Å²) >= 11 is 18.0. The lowest BCUT2D eigenvalue weighted by Gasteiger charge is -2.25. The predicted molar refractivity (Wildman–Crippen MR) is 77.0 cm³/mol. The van der Waals surface area contributed by atoms with E-state index >= 15 is 0 Å². The SMILES string of the molecule is CC1(C)C(=O)N(c2cc(Cl)cc(Cl)c2)C(=O)C1(C)Cl. The number of carbonyl (C=O) groups is 2. The van der Waals surface area contributed by atoms with Crippen molar-refractivity contribution in [2.24, 2.45) is 5.41 Å². The average Bonchev–Trinajstić information content (AvgIpc) is 2.37. The van der Waals surface area contributed by atoms with Gasteiger partial charge < -0.3 is 0 Å². The summed E-state index contributed by atoms with van der Waals surface area (Å²) in [6.45, 7) is 4.83. The molecule has 1 aromatic carbocycles. The molecule has 1 saturated heterocycles. The van der Waals surface area contributed by atoms with E-state index in [0.29, 0.717) is 15.7 Å². The Kier molecular flexibility index (Phi) is 3.37. The van der Waals surface area contributed by atoms with Gasteiger partial charge in [0.05, 0.1) is 11.1 Å². The highest BCUT2D eigenvalue weighted by molar-refractivity contribution is 6.46. The number of hydrogen-bond acceptors (Lipinski definition) is 2. The van der Waals surface area contributed by atoms with Crippen molar-refractivity contribution in [3.05, 3.63) is 28.2 Å². The lowest BCUT2D eigenvalue weighted by molar-refractivity contribution is -0.124. The van der Waals surface area contributed by atoms with Gasteiger partial charge in [-0.2, -0.15) is 0 Å². The summed E-state index contributed by atoms with van der Waals surface area (Å²) < 4.78 is 0. The molecule has 1 unspecified atom stereocenters. The van der Waals surface area contributed by atoms with Crippen molar-refractivity contribution in [3.8, 4) is 0 Å². The van der Waals surface area contributed by atoms with E-state index in [1.54, 1.807) is 20.8 Å². The molecule has 0 N–H and O–H groups in total. The minimum atomic E-state index is -1.29. The summed E-state index contributed by atoms with van der Waals surface area (Å²) in [5.41, 5.74) is -0.662. The third-order valence-corrected chi connectivity index (χ3v) is 4.69. The standard InChI is InChI=1S/C13H12Cl3NO2/c1-12(2)10(18)17(11(19)13(12,3)16)9-5-7(14)4-8(15)6-9/h4-6H,1-3H3. The van der Waals surface area contributed by atoms with Crippen LogP contribution in [-0.4, -0.2) is 16.7 Å². The molecule has 1 aromatic rings. The molecule has 19 heavy (non-hydrogen) atoms. The largest absolute Gasteiger partial charge is 0.273 e. The van der Waals surface area contributed by atoms with E-state index in [1.165, 1.54) is 18.2 Å². The Morgan fingerprint density at radius 3 is 1.79 bits per heavy atom. The number of carbonyl (C=O) groups excluding carboxylic acids is 2. The van der Waals surface area contributed by atoms with Crippen molar-refractivity contribution >= 4 is 52.3 Å². The molecule has 6 heteroatoms. The number of benzene rings is 1. The Labute approximate surface area is 126 Å². The molecule has 1 fully saturated rings. The molecular weight excluding hydrogens is 309 g/mol. The number of nitrogens with zero attached hydrogens (tertiary/aromatic N) is 1. The van der Waals surface area contributed by atoms with Crippen LogP contribution in [0.4, 0.5) is 5.69 Å². The fraction of sp³-hybridized carbons (Fsp3) is 0.385. The molecule has 3 nitrogen and oxygen atoms in total. The molecule has 0 aromatic heterocycles. The van der Waals surface area contributed by atoms with Gasteiger partial charge in [0.25, 0.3) is 5.91 Å². The van der Waals surface area contributed by atoms with Crippen LogP contribution in [0.1, 0.15) is 20.8 Å². The van der Waals surface area contributed by atoms with Crippen molar-refractivity contribution in [1.29, 1.82) is 0 Å². The van der Waals surface area contributed by atoms with Crippen LogP contribution in [0.3, 0.4) is 0 Å². The van der Waals surface area contributed by atoms with Crippen LogP contribution in [0.5, 0.6) is 0 Å². The zero-order valence-electron chi connectivity index (χ0n) is 10.6. The third kappa shape index (κ3) is 2.04. The van der Waals surface area contributed by atoms with E-state index in [9.17, 15) is 9.59 Å². The third-order valence-electron chi connectivity index (χ3n) is 3.62. The quantitative estimate of drug-likeness (QED) is 0.581. The van der Waals surface area contributed by atoms with E-state index in [0.717, 1.165) is 4.90 Å². The van der Waals surface area contributed by atoms with Gasteiger partial charge in [-0.1, -0.05) is 23.2 Å². The molecule has 102 valence electrons. The van der Waals surface area contributed by atoms with Gasteiger partial charge >= 0.3 is 0 Å². The Balaban J connectivity index is 2.58. The monoisotopic (exact) mass is 319 g/mol. The van der Waals surface area contributed by atoms with Gasteiger partial charge in [-0.15, -0.1) is 11.6 Å². The summed E-state index contributed by atoms with van der Waals surface area (Å²) in [6.07, 6.45) is 0. The molecule has 2 rings (SSSR count). The van der Waals surface area contributed by atoms with Gasteiger partial charge in [0.1, 0.15) is 4.87 Å². The normalized spacial score (nSPS) is 26.1. The number of hydrogen-bond donors (Lipinski definition) is 0. The molecule has 2 amide bonds. The minimum absolute atomic E-state index is 0.338. The first-order valence-corrected chi connectivity index (χ1v) is 6.76. The van der Waals surface area contributed by atoms with Crippen LogP contribution in [0.15, 0.2) is 18.2 Å². The summed E-state index contributed by atoms with van der Waals surface area (Å²) in [5, 5.41) is 0.702. The van der Waals surface area contributed by atoms with E-state index < -0.39 is 16.2 Å². The van der Waals surface area contributed by atoms with Gasteiger partial charge in [-0.25, -0.2) is 4.90 Å². The van der Waals surface area contributed by atoms with E-state index in [1.807, 2.05) is 0 Å². The van der Waals surface area contributed by atoms with Gasteiger partial charge in [-0.05, 0) is 39.0 Å². The molecular formula is C13H12Cl3NO2. The summed E-state index contributed by atoms with van der Waals surface area (Å²) in [7, 11) is 0. The van der Waals surface area contributed by atoms with Crippen molar-refractivity contribution < 1.29 is 9.59 Å². The highest BCUT2D eigenvalue weighted by atomic mass is 35.5. The Bertz CT molecular complexity index is 535. The fourth-order valence-electron chi connectivity index (χ4n) is 1.95. The van der Waals surface area contributed by atoms with Crippen LogP contribution in [-0.2, 0) is 9.59 Å². The van der Waals surface area contributed by atoms with Crippen LogP contribution >= 0.6 is 34.8 Å². The molecule has 0 aliphatic carbocycles. The molecule has 0 spiro atoms. The van der Waals surface area contributed by atoms with Crippen molar-refractivity contribution in [2.45, 2.75) is 25.6 Å². The van der Waals surface area contributed by atoms with Crippen LogP contribution < -0.4 is 4.90 Å². The maximum atomic E-state index is 12.4. The van der Waals surface area contributed by atoms with Crippen LogP contribution in [0.2, 0.25) is 10.0 Å². The van der Waals surface area contributed by atoms with Gasteiger partial charge in [0.2, 0.25) is 5.91 Å². The number of alkyl halides is 1. The van der Waals surface area contributed by atoms with Gasteiger partial charge in [-0.3, -0.25) is 9.59 Å². The maximum Gasteiger partial charge on any atom is 0.255 e. The number of anilines is 1. The molecule has 0 saturated carbocycles. The minimum Gasteiger partial charge on any atom is -0.273 e.